The van der Waals surface area contributed by atoms with Gasteiger partial charge in [-0.1, -0.05) is 0 Å². The summed E-state index contributed by atoms with van der Waals surface area (Å²) in [5.74, 6) is -1.69. The highest BCUT2D eigenvalue weighted by atomic mass is 32.1. The van der Waals surface area contributed by atoms with Gasteiger partial charge >= 0.3 is 0 Å². The molecule has 1 N–H and O–H groups in total. The van der Waals surface area contributed by atoms with Crippen LogP contribution in [-0.4, -0.2) is 48.0 Å². The van der Waals surface area contributed by atoms with Gasteiger partial charge in [-0.2, -0.15) is 0 Å². The molecule has 0 atom stereocenters. The summed E-state index contributed by atoms with van der Waals surface area (Å²) in [6, 6.07) is 7.23. The van der Waals surface area contributed by atoms with E-state index >= 15 is 0 Å². The third kappa shape index (κ3) is 4.21. The molecule has 34 heavy (non-hydrogen) atoms. The minimum absolute atomic E-state index is 0.00172. The summed E-state index contributed by atoms with van der Waals surface area (Å²) in [5, 5.41) is 3.49. The molecule has 1 aromatic heterocycles. The van der Waals surface area contributed by atoms with Crippen LogP contribution in [0.25, 0.3) is 10.4 Å². The van der Waals surface area contributed by atoms with Crippen LogP contribution in [0.3, 0.4) is 0 Å². The average molecular weight is 486 g/mol. The number of amides is 2. The van der Waals surface area contributed by atoms with Crippen LogP contribution in [0.4, 0.5) is 14.5 Å². The van der Waals surface area contributed by atoms with Crippen LogP contribution in [0.5, 0.6) is 11.5 Å². The van der Waals surface area contributed by atoms with Crippen LogP contribution in [0.15, 0.2) is 30.3 Å². The standard InChI is InChI=1S/C24H21F2N3O4S/c1-12-23(34-13(2)27-12)15-3-4-20(18(26)5-15)32-10-14-8-29(9-14)24(31)16-6-19-21(7-17(16)25)33-11-22(30)28-19/h3-7,14H,8-11H2,1-2H3,(H,28,30). The van der Waals surface area contributed by atoms with E-state index in [0.29, 0.717) is 13.1 Å². The number of aromatic nitrogens is 1. The molecule has 0 bridgehead atoms. The maximum Gasteiger partial charge on any atom is 0.262 e. The fraction of sp³-hybridized carbons (Fsp3) is 0.292. The molecule has 0 spiro atoms. The maximum absolute atomic E-state index is 14.6. The largest absolute Gasteiger partial charge is 0.490 e. The molecule has 5 rings (SSSR count). The first-order chi connectivity index (χ1) is 16.3. The van der Waals surface area contributed by atoms with Gasteiger partial charge in [0.2, 0.25) is 0 Å². The third-order valence-electron chi connectivity index (χ3n) is 5.75. The first kappa shape index (κ1) is 22.3. The second kappa shape index (κ2) is 8.68. The number of likely N-dealkylation sites (tertiary alicyclic amines) is 1. The molecule has 7 nitrogen and oxygen atoms in total. The average Bonchev–Trinajstić information content (AvgIpc) is 3.11. The lowest BCUT2D eigenvalue weighted by Gasteiger charge is -2.39. The van der Waals surface area contributed by atoms with Crippen LogP contribution in [0.1, 0.15) is 21.1 Å². The first-order valence-electron chi connectivity index (χ1n) is 10.7. The lowest BCUT2D eigenvalue weighted by molar-refractivity contribution is -0.118. The normalized spacial score (nSPS) is 15.3. The molecule has 1 saturated heterocycles. The summed E-state index contributed by atoms with van der Waals surface area (Å²) in [7, 11) is 0. The summed E-state index contributed by atoms with van der Waals surface area (Å²) in [5.41, 5.74) is 1.74. The molecule has 2 aliphatic heterocycles. The van der Waals surface area contributed by atoms with Gasteiger partial charge in [0.25, 0.3) is 11.8 Å². The van der Waals surface area contributed by atoms with Crippen LogP contribution < -0.4 is 14.8 Å². The number of rotatable bonds is 5. The Kier molecular flexibility index (Phi) is 5.68. The molecule has 10 heteroatoms. The van der Waals surface area contributed by atoms with Crippen LogP contribution in [0, 0.1) is 31.4 Å². The van der Waals surface area contributed by atoms with Crippen molar-refractivity contribution in [3.63, 3.8) is 0 Å². The Morgan fingerprint density at radius 1 is 1.24 bits per heavy atom. The summed E-state index contributed by atoms with van der Waals surface area (Å²) in [6.07, 6.45) is 0. The molecular formula is C24H21F2N3O4S. The molecule has 3 aromatic rings. The Hall–Kier alpha value is -3.53. The molecule has 2 amide bonds. The topological polar surface area (TPSA) is 80.8 Å². The van der Waals surface area contributed by atoms with E-state index in [4.69, 9.17) is 9.47 Å². The Morgan fingerprint density at radius 3 is 2.74 bits per heavy atom. The summed E-state index contributed by atoms with van der Waals surface area (Å²) in [6.45, 7) is 4.56. The van der Waals surface area contributed by atoms with Gasteiger partial charge in [-0.3, -0.25) is 9.59 Å². The Bertz CT molecular complexity index is 1300. The van der Waals surface area contributed by atoms with Gasteiger partial charge in [0.05, 0.1) is 33.4 Å². The number of ether oxygens (including phenoxy) is 2. The quantitative estimate of drug-likeness (QED) is 0.586. The van der Waals surface area contributed by atoms with Gasteiger partial charge < -0.3 is 19.7 Å². The number of nitrogens with one attached hydrogen (secondary N) is 1. The van der Waals surface area contributed by atoms with Gasteiger partial charge in [-0.05, 0) is 43.7 Å². The van der Waals surface area contributed by atoms with E-state index in [9.17, 15) is 18.4 Å². The number of fused-ring (bicyclic) bond motifs is 1. The van der Waals surface area contributed by atoms with E-state index in [1.165, 1.54) is 28.4 Å². The number of carbonyl (C=O) groups is 2. The van der Waals surface area contributed by atoms with Crippen molar-refractivity contribution in [1.29, 1.82) is 0 Å². The molecule has 3 heterocycles. The second-order valence-electron chi connectivity index (χ2n) is 8.34. The van der Waals surface area contributed by atoms with Gasteiger partial charge in [0.15, 0.2) is 18.2 Å². The highest BCUT2D eigenvalue weighted by Crippen LogP contribution is 2.34. The van der Waals surface area contributed by atoms with Crippen molar-refractivity contribution in [3.8, 4) is 21.9 Å². The zero-order valence-electron chi connectivity index (χ0n) is 18.5. The number of carbonyl (C=O) groups excluding carboxylic acids is 2. The molecule has 0 saturated carbocycles. The van der Waals surface area contributed by atoms with Gasteiger partial charge in [0, 0.05) is 25.1 Å². The Balaban J connectivity index is 1.18. The summed E-state index contributed by atoms with van der Waals surface area (Å²) < 4.78 is 39.8. The van der Waals surface area contributed by atoms with Crippen molar-refractivity contribution in [3.05, 3.63) is 58.2 Å². The first-order valence-corrected chi connectivity index (χ1v) is 11.5. The van der Waals surface area contributed by atoms with E-state index in [-0.39, 0.29) is 47.8 Å². The molecule has 0 unspecified atom stereocenters. The van der Waals surface area contributed by atoms with Crippen molar-refractivity contribution in [2.24, 2.45) is 5.92 Å². The SMILES string of the molecule is Cc1nc(C)c(-c2ccc(OCC3CN(C(=O)c4cc5c(cc4F)OCC(=O)N5)C3)c(F)c2)s1. The lowest BCUT2D eigenvalue weighted by atomic mass is 9.99. The number of anilines is 1. The fourth-order valence-electron chi connectivity index (χ4n) is 4.04. The monoisotopic (exact) mass is 485 g/mol. The minimum Gasteiger partial charge on any atom is -0.490 e. The molecule has 176 valence electrons. The zero-order valence-corrected chi connectivity index (χ0v) is 19.3. The van der Waals surface area contributed by atoms with E-state index in [2.05, 4.69) is 10.3 Å². The fourth-order valence-corrected chi connectivity index (χ4v) is 4.96. The number of thiazole rings is 1. The smallest absolute Gasteiger partial charge is 0.262 e. The highest BCUT2D eigenvalue weighted by molar-refractivity contribution is 7.15. The molecule has 0 radical (unpaired) electrons. The highest BCUT2D eigenvalue weighted by Gasteiger charge is 2.34. The van der Waals surface area contributed by atoms with E-state index in [1.54, 1.807) is 12.1 Å². The lowest BCUT2D eigenvalue weighted by Crippen LogP contribution is -2.52. The third-order valence-corrected chi connectivity index (χ3v) is 6.87. The van der Waals surface area contributed by atoms with E-state index in [1.807, 2.05) is 13.8 Å². The number of hydrogen-bond donors (Lipinski definition) is 1. The number of hydrogen-bond acceptors (Lipinski definition) is 6. The molecule has 2 aliphatic rings. The maximum atomic E-state index is 14.6. The molecule has 0 aliphatic carbocycles. The van der Waals surface area contributed by atoms with Crippen LogP contribution in [0.2, 0.25) is 0 Å². The van der Waals surface area contributed by atoms with Crippen LogP contribution in [-0.2, 0) is 4.79 Å². The Labute approximate surface area is 198 Å². The minimum atomic E-state index is -0.715. The van der Waals surface area contributed by atoms with Crippen molar-refractivity contribution in [2.75, 3.05) is 31.6 Å². The molecular weight excluding hydrogens is 464 g/mol. The van der Waals surface area contributed by atoms with E-state index in [0.717, 1.165) is 27.2 Å². The zero-order chi connectivity index (χ0) is 24.0. The van der Waals surface area contributed by atoms with Crippen molar-refractivity contribution >= 4 is 28.8 Å². The van der Waals surface area contributed by atoms with Crippen molar-refractivity contribution in [1.82, 2.24) is 9.88 Å². The van der Waals surface area contributed by atoms with Gasteiger partial charge in [-0.25, -0.2) is 13.8 Å². The summed E-state index contributed by atoms with van der Waals surface area (Å²) >= 11 is 1.51. The van der Waals surface area contributed by atoms with Gasteiger partial charge in [-0.15, -0.1) is 11.3 Å². The number of nitrogens with zero attached hydrogens (tertiary/aromatic N) is 2. The van der Waals surface area contributed by atoms with Crippen molar-refractivity contribution in [2.45, 2.75) is 13.8 Å². The molecule has 1 fully saturated rings. The van der Waals surface area contributed by atoms with E-state index < -0.39 is 17.5 Å². The van der Waals surface area contributed by atoms with Crippen LogP contribution >= 0.6 is 11.3 Å². The number of benzene rings is 2. The predicted molar refractivity (Wildman–Crippen MR) is 122 cm³/mol. The number of halogens is 2. The van der Waals surface area contributed by atoms with Gasteiger partial charge in [0.1, 0.15) is 11.6 Å². The second-order valence-corrected chi connectivity index (χ2v) is 9.55. The Morgan fingerprint density at radius 2 is 2.03 bits per heavy atom. The predicted octanol–water partition coefficient (Wildman–Crippen LogP) is 4.19. The van der Waals surface area contributed by atoms with Crippen molar-refractivity contribution < 1.29 is 27.8 Å². The molecule has 2 aromatic carbocycles. The summed E-state index contributed by atoms with van der Waals surface area (Å²) in [4.78, 5) is 31.0. The number of aryl methyl sites for hydroxylation is 2.